The van der Waals surface area contributed by atoms with E-state index in [0.717, 1.165) is 5.01 Å². The third-order valence-electron chi connectivity index (χ3n) is 3.24. The Morgan fingerprint density at radius 1 is 1.32 bits per heavy atom. The highest BCUT2D eigenvalue weighted by Gasteiger charge is 2.46. The molecule has 1 aromatic carbocycles. The van der Waals surface area contributed by atoms with Crippen LogP contribution in [0.25, 0.3) is 0 Å². The molecule has 0 saturated carbocycles. The van der Waals surface area contributed by atoms with Crippen LogP contribution < -0.4 is 4.74 Å². The minimum absolute atomic E-state index is 0.235. The Morgan fingerprint density at radius 2 is 1.91 bits per heavy atom. The van der Waals surface area contributed by atoms with Gasteiger partial charge in [0.1, 0.15) is 11.4 Å². The van der Waals surface area contributed by atoms with Crippen molar-refractivity contribution in [1.29, 1.82) is 0 Å². The molecule has 22 heavy (non-hydrogen) atoms. The number of methoxy groups -OCH3 is 1. The predicted octanol–water partition coefficient (Wildman–Crippen LogP) is 2.86. The first kappa shape index (κ1) is 16.3. The van der Waals surface area contributed by atoms with E-state index >= 15 is 0 Å². The fourth-order valence-electron chi connectivity index (χ4n) is 2.30. The van der Waals surface area contributed by atoms with Crippen molar-refractivity contribution < 1.29 is 19.4 Å². The van der Waals surface area contributed by atoms with Gasteiger partial charge in [0.2, 0.25) is 0 Å². The van der Waals surface area contributed by atoms with Gasteiger partial charge in [-0.15, -0.1) is 0 Å². The quantitative estimate of drug-likeness (QED) is 0.912. The van der Waals surface area contributed by atoms with Crippen molar-refractivity contribution in [2.24, 2.45) is 5.10 Å². The van der Waals surface area contributed by atoms with E-state index < -0.39 is 17.4 Å². The van der Waals surface area contributed by atoms with Crippen molar-refractivity contribution in [2.75, 3.05) is 7.11 Å². The lowest BCUT2D eigenvalue weighted by Crippen LogP contribution is -2.45. The zero-order valence-electron chi connectivity index (χ0n) is 13.6. The summed E-state index contributed by atoms with van der Waals surface area (Å²) < 4.78 is 10.4. The summed E-state index contributed by atoms with van der Waals surface area (Å²) in [6.45, 7) is 7.07. The van der Waals surface area contributed by atoms with E-state index in [2.05, 4.69) is 5.10 Å². The lowest BCUT2D eigenvalue weighted by molar-refractivity contribution is -0.0975. The monoisotopic (exact) mass is 306 g/mol. The molecule has 0 spiro atoms. The summed E-state index contributed by atoms with van der Waals surface area (Å²) in [5, 5.41) is 16.1. The van der Waals surface area contributed by atoms with Crippen LogP contribution in [0.15, 0.2) is 29.4 Å². The summed E-state index contributed by atoms with van der Waals surface area (Å²) in [6.07, 6.45) is -0.443. The normalized spacial score (nSPS) is 21.5. The van der Waals surface area contributed by atoms with E-state index in [1.165, 1.54) is 0 Å². The van der Waals surface area contributed by atoms with Crippen molar-refractivity contribution >= 4 is 11.8 Å². The van der Waals surface area contributed by atoms with E-state index in [0.29, 0.717) is 17.0 Å². The van der Waals surface area contributed by atoms with Crippen molar-refractivity contribution in [3.05, 3.63) is 29.8 Å². The van der Waals surface area contributed by atoms with E-state index in [1.54, 1.807) is 59.1 Å². The van der Waals surface area contributed by atoms with Gasteiger partial charge in [0.15, 0.2) is 5.72 Å². The largest absolute Gasteiger partial charge is 0.497 e. The Bertz CT molecular complexity index is 589. The van der Waals surface area contributed by atoms with Crippen LogP contribution in [0.3, 0.4) is 0 Å². The van der Waals surface area contributed by atoms with Gasteiger partial charge in [-0.1, -0.05) is 12.1 Å². The summed E-state index contributed by atoms with van der Waals surface area (Å²) in [5.74, 6) is 0.673. The molecule has 0 aromatic heterocycles. The molecular formula is C16H22N2O4. The second-order valence-corrected chi connectivity index (χ2v) is 6.35. The zero-order valence-corrected chi connectivity index (χ0v) is 13.6. The molecule has 120 valence electrons. The third-order valence-corrected chi connectivity index (χ3v) is 3.24. The molecule has 0 bridgehead atoms. The van der Waals surface area contributed by atoms with Crippen molar-refractivity contribution in [1.82, 2.24) is 5.01 Å². The van der Waals surface area contributed by atoms with Crippen LogP contribution >= 0.6 is 0 Å². The van der Waals surface area contributed by atoms with Crippen molar-refractivity contribution in [3.8, 4) is 5.75 Å². The van der Waals surface area contributed by atoms with Crippen LogP contribution in [-0.4, -0.2) is 34.6 Å². The van der Waals surface area contributed by atoms with Gasteiger partial charge in [0.05, 0.1) is 7.11 Å². The van der Waals surface area contributed by atoms with Gasteiger partial charge in [-0.3, -0.25) is 0 Å². The summed E-state index contributed by atoms with van der Waals surface area (Å²) in [6, 6.07) is 6.89. The summed E-state index contributed by atoms with van der Waals surface area (Å²) >= 11 is 0. The lowest BCUT2D eigenvalue weighted by atomic mass is 9.98. The molecule has 6 nitrogen and oxygen atoms in total. The fraction of sp³-hybridized carbons (Fsp3) is 0.500. The minimum Gasteiger partial charge on any atom is -0.497 e. The maximum Gasteiger partial charge on any atom is 0.433 e. The van der Waals surface area contributed by atoms with Crippen molar-refractivity contribution in [3.63, 3.8) is 0 Å². The number of carbonyl (C=O) groups is 1. The van der Waals surface area contributed by atoms with Gasteiger partial charge >= 0.3 is 6.09 Å². The number of nitrogens with zero attached hydrogens (tertiary/aromatic N) is 2. The standard InChI is InChI=1S/C16H22N2O4/c1-11-10-16(20,12-6-8-13(21-5)9-7-12)18(17-11)14(19)22-15(2,3)4/h6-9,20H,10H2,1-5H3/t16-/m0/s1. The highest BCUT2D eigenvalue weighted by molar-refractivity contribution is 5.87. The molecule has 0 fully saturated rings. The van der Waals surface area contributed by atoms with E-state index in [-0.39, 0.29) is 6.42 Å². The van der Waals surface area contributed by atoms with Crippen LogP contribution in [0.4, 0.5) is 4.79 Å². The average Bonchev–Trinajstić information content (AvgIpc) is 2.73. The first-order valence-corrected chi connectivity index (χ1v) is 7.10. The molecule has 1 atom stereocenters. The van der Waals surface area contributed by atoms with E-state index in [1.807, 2.05) is 0 Å². The Morgan fingerprint density at radius 3 is 2.41 bits per heavy atom. The highest BCUT2D eigenvalue weighted by Crippen LogP contribution is 2.36. The SMILES string of the molecule is COc1ccc([C@@]2(O)CC(C)=NN2C(=O)OC(C)(C)C)cc1. The Labute approximate surface area is 130 Å². The van der Waals surface area contributed by atoms with Crippen LogP contribution in [0, 0.1) is 0 Å². The number of benzene rings is 1. The van der Waals surface area contributed by atoms with Gasteiger partial charge in [-0.25, -0.2) is 4.79 Å². The smallest absolute Gasteiger partial charge is 0.433 e. The zero-order chi connectivity index (χ0) is 16.5. The molecule has 1 heterocycles. The maximum absolute atomic E-state index is 12.3. The van der Waals surface area contributed by atoms with Gasteiger partial charge in [0.25, 0.3) is 0 Å². The Kier molecular flexibility index (Phi) is 4.15. The minimum atomic E-state index is -1.54. The number of carbonyl (C=O) groups excluding carboxylic acids is 1. The first-order valence-electron chi connectivity index (χ1n) is 7.10. The lowest BCUT2D eigenvalue weighted by Gasteiger charge is -2.32. The molecule has 1 amide bonds. The summed E-state index contributed by atoms with van der Waals surface area (Å²) in [5.41, 5.74) is -0.994. The second kappa shape index (κ2) is 5.61. The summed E-state index contributed by atoms with van der Waals surface area (Å²) in [4.78, 5) is 12.3. The van der Waals surface area contributed by atoms with Gasteiger partial charge in [0, 0.05) is 17.7 Å². The van der Waals surface area contributed by atoms with Crippen LogP contribution in [0.5, 0.6) is 5.75 Å². The molecule has 0 radical (unpaired) electrons. The summed E-state index contributed by atoms with van der Waals surface area (Å²) in [7, 11) is 1.57. The number of amides is 1. The number of hydrogen-bond donors (Lipinski definition) is 1. The number of aliphatic hydroxyl groups is 1. The molecule has 6 heteroatoms. The molecule has 1 aliphatic heterocycles. The van der Waals surface area contributed by atoms with E-state index in [9.17, 15) is 9.90 Å². The Balaban J connectivity index is 2.32. The van der Waals surface area contributed by atoms with Gasteiger partial charge in [-0.05, 0) is 39.8 Å². The number of ether oxygens (including phenoxy) is 2. The fourth-order valence-corrected chi connectivity index (χ4v) is 2.30. The maximum atomic E-state index is 12.3. The van der Waals surface area contributed by atoms with Gasteiger partial charge < -0.3 is 14.6 Å². The predicted molar refractivity (Wildman–Crippen MR) is 82.7 cm³/mol. The number of rotatable bonds is 2. The van der Waals surface area contributed by atoms with Gasteiger partial charge in [-0.2, -0.15) is 10.1 Å². The molecule has 1 aromatic rings. The molecule has 1 aliphatic rings. The second-order valence-electron chi connectivity index (χ2n) is 6.35. The molecule has 0 aliphatic carbocycles. The molecule has 1 N–H and O–H groups in total. The van der Waals surface area contributed by atoms with Crippen molar-refractivity contribution in [2.45, 2.75) is 45.4 Å². The first-order chi connectivity index (χ1) is 10.2. The molecule has 2 rings (SSSR count). The number of hydrogen-bond acceptors (Lipinski definition) is 5. The van der Waals surface area contributed by atoms with Crippen LogP contribution in [-0.2, 0) is 10.5 Å². The topological polar surface area (TPSA) is 71.4 Å². The number of hydrazone groups is 1. The molecule has 0 saturated heterocycles. The van der Waals surface area contributed by atoms with Crippen LogP contribution in [0.1, 0.15) is 39.7 Å². The third kappa shape index (κ3) is 3.22. The highest BCUT2D eigenvalue weighted by atomic mass is 16.6. The average molecular weight is 306 g/mol. The Hall–Kier alpha value is -2.08. The molecule has 0 unspecified atom stereocenters. The van der Waals surface area contributed by atoms with Crippen LogP contribution in [0.2, 0.25) is 0 Å². The van der Waals surface area contributed by atoms with E-state index in [4.69, 9.17) is 9.47 Å². The molecular weight excluding hydrogens is 284 g/mol.